The van der Waals surface area contributed by atoms with E-state index in [-0.39, 0.29) is 25.6 Å². The molecule has 9 nitrogen and oxygen atoms in total. The van der Waals surface area contributed by atoms with Crippen molar-refractivity contribution in [3.8, 4) is 0 Å². The standard InChI is InChI=1S/C15H24N4O5S/c1-10(2)4-13-16-12(17-24-13)7-18-5-11-6-19(25(3,22)23)9-15(11,8-18)14(20)21/h10-11H,4-9H2,1-3H3,(H,20,21)/t11-,15-/m0/s1. The summed E-state index contributed by atoms with van der Waals surface area (Å²) in [6, 6.07) is 0. The van der Waals surface area contributed by atoms with Gasteiger partial charge in [0.15, 0.2) is 5.82 Å². The Hall–Kier alpha value is -1.52. The van der Waals surface area contributed by atoms with Gasteiger partial charge in [-0.3, -0.25) is 9.69 Å². The molecule has 0 spiro atoms. The van der Waals surface area contributed by atoms with E-state index in [2.05, 4.69) is 24.0 Å². The molecule has 1 aromatic rings. The molecule has 1 N–H and O–H groups in total. The summed E-state index contributed by atoms with van der Waals surface area (Å²) in [6.07, 6.45) is 1.83. The molecule has 2 aliphatic rings. The highest BCUT2D eigenvalue weighted by molar-refractivity contribution is 7.88. The fraction of sp³-hybridized carbons (Fsp3) is 0.800. The lowest BCUT2D eigenvalue weighted by molar-refractivity contribution is -0.148. The van der Waals surface area contributed by atoms with Crippen LogP contribution in [0.3, 0.4) is 0 Å². The molecule has 0 unspecified atom stereocenters. The van der Waals surface area contributed by atoms with Crippen molar-refractivity contribution in [3.63, 3.8) is 0 Å². The predicted molar refractivity (Wildman–Crippen MR) is 88.1 cm³/mol. The number of carboxylic acid groups (broad SMARTS) is 1. The van der Waals surface area contributed by atoms with Crippen LogP contribution < -0.4 is 0 Å². The largest absolute Gasteiger partial charge is 0.481 e. The third-order valence-corrected chi connectivity index (χ3v) is 6.22. The summed E-state index contributed by atoms with van der Waals surface area (Å²) in [6.45, 7) is 5.59. The Morgan fingerprint density at radius 3 is 2.68 bits per heavy atom. The number of fused-ring (bicyclic) bond motifs is 1. The molecule has 2 saturated heterocycles. The molecular formula is C15H24N4O5S. The van der Waals surface area contributed by atoms with E-state index in [9.17, 15) is 18.3 Å². The summed E-state index contributed by atoms with van der Waals surface area (Å²) in [7, 11) is -3.39. The van der Waals surface area contributed by atoms with E-state index in [0.717, 1.165) is 6.26 Å². The molecule has 0 bridgehead atoms. The fourth-order valence-electron chi connectivity index (χ4n) is 3.79. The van der Waals surface area contributed by atoms with Crippen molar-refractivity contribution in [2.45, 2.75) is 26.8 Å². The zero-order valence-electron chi connectivity index (χ0n) is 14.7. The number of aromatic nitrogens is 2. The SMILES string of the molecule is CC(C)Cc1nc(CN2C[C@H]3CN(S(C)(=O)=O)C[C@@]3(C(=O)O)C2)no1. The van der Waals surface area contributed by atoms with E-state index >= 15 is 0 Å². The maximum Gasteiger partial charge on any atom is 0.312 e. The van der Waals surface area contributed by atoms with Gasteiger partial charge in [-0.15, -0.1) is 0 Å². The van der Waals surface area contributed by atoms with Crippen molar-refractivity contribution in [1.29, 1.82) is 0 Å². The van der Waals surface area contributed by atoms with Crippen molar-refractivity contribution in [3.05, 3.63) is 11.7 Å². The normalized spacial score (nSPS) is 27.9. The lowest BCUT2D eigenvalue weighted by Gasteiger charge is -2.24. The molecule has 0 amide bonds. The quantitative estimate of drug-likeness (QED) is 0.744. The molecular weight excluding hydrogens is 348 g/mol. The summed E-state index contributed by atoms with van der Waals surface area (Å²) in [5, 5.41) is 13.7. The number of aliphatic carboxylic acids is 1. The highest BCUT2D eigenvalue weighted by Crippen LogP contribution is 2.43. The first-order valence-electron chi connectivity index (χ1n) is 8.32. The molecule has 2 atom stereocenters. The molecule has 10 heteroatoms. The zero-order valence-corrected chi connectivity index (χ0v) is 15.5. The molecule has 0 aliphatic carbocycles. The second-order valence-electron chi connectivity index (χ2n) is 7.59. The second-order valence-corrected chi connectivity index (χ2v) is 9.57. The number of carboxylic acids is 1. The highest BCUT2D eigenvalue weighted by atomic mass is 32.2. The molecule has 3 heterocycles. The number of sulfonamides is 1. The fourth-order valence-corrected chi connectivity index (χ4v) is 4.70. The van der Waals surface area contributed by atoms with Gasteiger partial charge in [0.25, 0.3) is 0 Å². The summed E-state index contributed by atoms with van der Waals surface area (Å²) < 4.78 is 30.1. The molecule has 1 aromatic heterocycles. The smallest absolute Gasteiger partial charge is 0.312 e. The minimum absolute atomic E-state index is 0.0210. The Morgan fingerprint density at radius 1 is 1.40 bits per heavy atom. The van der Waals surface area contributed by atoms with Crippen molar-refractivity contribution >= 4 is 16.0 Å². The van der Waals surface area contributed by atoms with Crippen LogP contribution in [-0.2, 0) is 27.8 Å². The summed E-state index contributed by atoms with van der Waals surface area (Å²) in [5.74, 6) is 0.356. The van der Waals surface area contributed by atoms with E-state index in [0.29, 0.717) is 37.1 Å². The van der Waals surface area contributed by atoms with Gasteiger partial charge in [0.2, 0.25) is 15.9 Å². The van der Waals surface area contributed by atoms with E-state index in [4.69, 9.17) is 4.52 Å². The van der Waals surface area contributed by atoms with Crippen LogP contribution in [0.4, 0.5) is 0 Å². The summed E-state index contributed by atoms with van der Waals surface area (Å²) >= 11 is 0. The molecule has 0 aromatic carbocycles. The van der Waals surface area contributed by atoms with Gasteiger partial charge in [0.1, 0.15) is 0 Å². The van der Waals surface area contributed by atoms with Crippen molar-refractivity contribution in [2.75, 3.05) is 32.4 Å². The van der Waals surface area contributed by atoms with Gasteiger partial charge >= 0.3 is 5.97 Å². The Bertz CT molecular complexity index is 762. The lowest BCUT2D eigenvalue weighted by atomic mass is 9.81. The average molecular weight is 372 g/mol. The number of hydrogen-bond donors (Lipinski definition) is 1. The van der Waals surface area contributed by atoms with Crippen LogP contribution in [0.5, 0.6) is 0 Å². The second kappa shape index (κ2) is 6.33. The van der Waals surface area contributed by atoms with E-state index in [1.165, 1.54) is 4.31 Å². The van der Waals surface area contributed by atoms with Crippen LogP contribution in [-0.4, -0.2) is 71.3 Å². The van der Waals surface area contributed by atoms with Gasteiger partial charge in [-0.05, 0) is 5.92 Å². The Kier molecular flexibility index (Phi) is 4.63. The average Bonchev–Trinajstić information content (AvgIpc) is 3.10. The molecule has 2 fully saturated rings. The molecule has 25 heavy (non-hydrogen) atoms. The van der Waals surface area contributed by atoms with Gasteiger partial charge in [0, 0.05) is 38.5 Å². The highest BCUT2D eigenvalue weighted by Gasteiger charge is 2.59. The van der Waals surface area contributed by atoms with E-state index in [1.54, 1.807) is 0 Å². The van der Waals surface area contributed by atoms with Gasteiger partial charge < -0.3 is 9.63 Å². The predicted octanol–water partition coefficient (Wildman–Crippen LogP) is 0.0461. The Labute approximate surface area is 147 Å². The van der Waals surface area contributed by atoms with Gasteiger partial charge in [-0.2, -0.15) is 4.98 Å². The molecule has 3 rings (SSSR count). The number of carbonyl (C=O) groups is 1. The number of hydrogen-bond acceptors (Lipinski definition) is 7. The van der Waals surface area contributed by atoms with Crippen LogP contribution >= 0.6 is 0 Å². The van der Waals surface area contributed by atoms with E-state index in [1.807, 2.05) is 4.90 Å². The molecule has 0 radical (unpaired) electrons. The third-order valence-electron chi connectivity index (χ3n) is 5.00. The van der Waals surface area contributed by atoms with Crippen LogP contribution in [0.15, 0.2) is 4.52 Å². The van der Waals surface area contributed by atoms with Crippen molar-refractivity contribution in [1.82, 2.24) is 19.3 Å². The van der Waals surface area contributed by atoms with Crippen LogP contribution in [0.2, 0.25) is 0 Å². The first kappa shape index (κ1) is 18.3. The number of rotatable bonds is 6. The molecule has 0 saturated carbocycles. The van der Waals surface area contributed by atoms with Gasteiger partial charge in [-0.25, -0.2) is 12.7 Å². The van der Waals surface area contributed by atoms with Crippen molar-refractivity contribution < 1.29 is 22.8 Å². The summed E-state index contributed by atoms with van der Waals surface area (Å²) in [4.78, 5) is 18.2. The first-order chi connectivity index (χ1) is 11.6. The maximum atomic E-state index is 11.9. The third kappa shape index (κ3) is 3.56. The topological polar surface area (TPSA) is 117 Å². The minimum atomic E-state index is -3.39. The first-order valence-corrected chi connectivity index (χ1v) is 10.2. The van der Waals surface area contributed by atoms with Crippen LogP contribution in [0.25, 0.3) is 0 Å². The number of nitrogens with zero attached hydrogens (tertiary/aromatic N) is 4. The molecule has 140 valence electrons. The maximum absolute atomic E-state index is 11.9. The van der Waals surface area contributed by atoms with Gasteiger partial charge in [0.05, 0.1) is 18.2 Å². The lowest BCUT2D eigenvalue weighted by Crippen LogP contribution is -2.41. The van der Waals surface area contributed by atoms with Gasteiger partial charge in [-0.1, -0.05) is 19.0 Å². The van der Waals surface area contributed by atoms with Crippen LogP contribution in [0, 0.1) is 17.3 Å². The van der Waals surface area contributed by atoms with E-state index < -0.39 is 21.4 Å². The van der Waals surface area contributed by atoms with Crippen LogP contribution in [0.1, 0.15) is 25.6 Å². The summed E-state index contributed by atoms with van der Waals surface area (Å²) in [5.41, 5.74) is -1.06. The Balaban J connectivity index is 1.70. The minimum Gasteiger partial charge on any atom is -0.481 e. The number of likely N-dealkylation sites (tertiary alicyclic amines) is 1. The monoisotopic (exact) mass is 372 g/mol. The molecule has 2 aliphatic heterocycles. The Morgan fingerprint density at radius 2 is 2.12 bits per heavy atom. The van der Waals surface area contributed by atoms with Crippen molar-refractivity contribution in [2.24, 2.45) is 17.3 Å². The zero-order chi connectivity index (χ0) is 18.4.